The van der Waals surface area contributed by atoms with Crippen molar-refractivity contribution in [2.24, 2.45) is 0 Å². The minimum Gasteiger partial charge on any atom is -0.508 e. The van der Waals surface area contributed by atoms with Gasteiger partial charge in [0.05, 0.1) is 0 Å². The summed E-state index contributed by atoms with van der Waals surface area (Å²) in [5.74, 6) is 6.16. The van der Waals surface area contributed by atoms with Gasteiger partial charge < -0.3 is 16.7 Å². The van der Waals surface area contributed by atoms with E-state index in [9.17, 15) is 5.11 Å². The maximum atomic E-state index is 9.19. The Labute approximate surface area is 90.1 Å². The number of hydrogen-bond acceptors (Lipinski definition) is 5. The Morgan fingerprint density at radius 3 is 2.73 bits per heavy atom. The molecule has 0 saturated carbocycles. The van der Waals surface area contributed by atoms with Crippen LogP contribution in [0.4, 0.5) is 5.69 Å². The van der Waals surface area contributed by atoms with Crippen LogP contribution in [0.25, 0.3) is 11.4 Å². The molecule has 6 nitrogen and oxygen atoms in total. The number of phenolic OH excluding ortho intramolecular Hbond substituents is 1. The fraction of sp³-hybridized carbons (Fsp3) is 0. The number of nitrogens with one attached hydrogen (secondary N) is 1. The summed E-state index contributed by atoms with van der Waals surface area (Å²) in [6, 6.07) is 4.55. The maximum absolute atomic E-state index is 9.19. The van der Waals surface area contributed by atoms with E-state index in [4.69, 9.17) is 23.8 Å². The largest absolute Gasteiger partial charge is 0.508 e. The second kappa shape index (κ2) is 3.28. The molecule has 78 valence electrons. The van der Waals surface area contributed by atoms with Crippen molar-refractivity contribution in [2.45, 2.75) is 0 Å². The van der Waals surface area contributed by atoms with Gasteiger partial charge in [-0.05, 0) is 24.4 Å². The predicted octanol–water partition coefficient (Wildman–Crippen LogP) is 0.609. The van der Waals surface area contributed by atoms with Gasteiger partial charge in [-0.3, -0.25) is 0 Å². The molecule has 0 radical (unpaired) electrons. The fourth-order valence-electron chi connectivity index (χ4n) is 1.25. The van der Waals surface area contributed by atoms with Gasteiger partial charge in [0, 0.05) is 17.3 Å². The summed E-state index contributed by atoms with van der Waals surface area (Å²) < 4.78 is 1.52. The normalized spacial score (nSPS) is 10.4. The quantitative estimate of drug-likeness (QED) is 0.322. The van der Waals surface area contributed by atoms with Gasteiger partial charge in [-0.25, -0.2) is 9.77 Å². The molecule has 7 heteroatoms. The molecule has 0 unspecified atom stereocenters. The van der Waals surface area contributed by atoms with E-state index < -0.39 is 0 Å². The van der Waals surface area contributed by atoms with Crippen LogP contribution < -0.4 is 11.6 Å². The monoisotopic (exact) mass is 223 g/mol. The number of benzene rings is 1. The number of aromatic hydroxyl groups is 1. The molecule has 0 aliphatic carbocycles. The predicted molar refractivity (Wildman–Crippen MR) is 59.1 cm³/mol. The molecule has 0 atom stereocenters. The minimum absolute atomic E-state index is 0.0916. The van der Waals surface area contributed by atoms with E-state index >= 15 is 0 Å². The second-order valence-corrected chi connectivity index (χ2v) is 3.38. The zero-order valence-corrected chi connectivity index (χ0v) is 8.45. The van der Waals surface area contributed by atoms with Gasteiger partial charge in [-0.15, -0.1) is 0 Å². The molecule has 2 rings (SSSR count). The Morgan fingerprint density at radius 2 is 2.20 bits per heavy atom. The number of rotatable bonds is 1. The van der Waals surface area contributed by atoms with Crippen molar-refractivity contribution < 1.29 is 5.11 Å². The van der Waals surface area contributed by atoms with E-state index in [-0.39, 0.29) is 5.75 Å². The van der Waals surface area contributed by atoms with Crippen molar-refractivity contribution in [1.82, 2.24) is 14.9 Å². The van der Waals surface area contributed by atoms with Crippen LogP contribution in [0.15, 0.2) is 18.2 Å². The summed E-state index contributed by atoms with van der Waals surface area (Å²) in [7, 11) is 0. The van der Waals surface area contributed by atoms with Crippen LogP contribution in [0.1, 0.15) is 0 Å². The van der Waals surface area contributed by atoms with Gasteiger partial charge in [-0.1, -0.05) is 0 Å². The minimum atomic E-state index is 0.0916. The van der Waals surface area contributed by atoms with Crippen LogP contribution >= 0.6 is 12.2 Å². The number of nitrogen functional groups attached to an aromatic ring is 2. The highest BCUT2D eigenvalue weighted by Crippen LogP contribution is 2.26. The van der Waals surface area contributed by atoms with Crippen LogP contribution in [0.3, 0.4) is 0 Å². The molecule has 2 aromatic rings. The van der Waals surface area contributed by atoms with E-state index in [1.807, 2.05) is 0 Å². The Morgan fingerprint density at radius 1 is 1.47 bits per heavy atom. The molecular weight excluding hydrogens is 214 g/mol. The maximum Gasteiger partial charge on any atom is 0.214 e. The average molecular weight is 223 g/mol. The summed E-state index contributed by atoms with van der Waals surface area (Å²) in [4.78, 5) is 0. The zero-order chi connectivity index (χ0) is 11.0. The average Bonchev–Trinajstić information content (AvgIpc) is 2.49. The second-order valence-electron chi connectivity index (χ2n) is 2.99. The lowest BCUT2D eigenvalue weighted by molar-refractivity contribution is 0.475. The van der Waals surface area contributed by atoms with Crippen molar-refractivity contribution in [3.63, 3.8) is 0 Å². The summed E-state index contributed by atoms with van der Waals surface area (Å²) in [5, 5.41) is 15.7. The zero-order valence-electron chi connectivity index (χ0n) is 7.64. The van der Waals surface area contributed by atoms with E-state index in [1.165, 1.54) is 16.8 Å². The molecule has 6 N–H and O–H groups in total. The van der Waals surface area contributed by atoms with Crippen molar-refractivity contribution in [3.8, 4) is 17.1 Å². The number of aromatic amines is 1. The number of nitrogens with two attached hydrogens (primary N) is 2. The molecule has 0 bridgehead atoms. The molecule has 0 amide bonds. The molecular formula is C8H9N5OS. The first-order valence-corrected chi connectivity index (χ1v) is 4.52. The van der Waals surface area contributed by atoms with E-state index in [0.29, 0.717) is 21.8 Å². The number of anilines is 1. The Balaban J connectivity index is 2.64. The van der Waals surface area contributed by atoms with Gasteiger partial charge in [0.15, 0.2) is 5.82 Å². The van der Waals surface area contributed by atoms with Crippen molar-refractivity contribution in [1.29, 1.82) is 0 Å². The van der Waals surface area contributed by atoms with Crippen molar-refractivity contribution >= 4 is 17.9 Å². The molecule has 0 aliphatic heterocycles. The Bertz CT molecular complexity index is 558. The Kier molecular flexibility index (Phi) is 2.09. The van der Waals surface area contributed by atoms with Crippen LogP contribution in [0.5, 0.6) is 5.75 Å². The number of hydrogen-bond donors (Lipinski definition) is 4. The molecule has 1 aromatic carbocycles. The van der Waals surface area contributed by atoms with Crippen molar-refractivity contribution in [3.05, 3.63) is 23.0 Å². The molecule has 1 heterocycles. The summed E-state index contributed by atoms with van der Waals surface area (Å²) in [6.45, 7) is 0. The van der Waals surface area contributed by atoms with Gasteiger partial charge in [0.2, 0.25) is 4.77 Å². The molecule has 0 fully saturated rings. The molecule has 15 heavy (non-hydrogen) atoms. The molecule has 0 spiro atoms. The Hall–Kier alpha value is -2.02. The third kappa shape index (κ3) is 1.52. The summed E-state index contributed by atoms with van der Waals surface area (Å²) in [5.41, 5.74) is 6.71. The number of nitrogens with zero attached hydrogens (tertiary/aromatic N) is 2. The van der Waals surface area contributed by atoms with Gasteiger partial charge >= 0.3 is 0 Å². The van der Waals surface area contributed by atoms with Crippen molar-refractivity contribution in [2.75, 3.05) is 11.6 Å². The van der Waals surface area contributed by atoms with Gasteiger partial charge in [-0.2, -0.15) is 5.10 Å². The molecule has 1 aromatic heterocycles. The summed E-state index contributed by atoms with van der Waals surface area (Å²) in [6.07, 6.45) is 0. The van der Waals surface area contributed by atoms with E-state index in [2.05, 4.69) is 10.2 Å². The third-order valence-electron chi connectivity index (χ3n) is 1.98. The standard InChI is InChI=1S/C8H9N5OS/c9-6-3-4(14)1-2-5(6)7-11-12-8(15)13(7)10/h1-3,14H,9-10H2,(H,12,15). The lowest BCUT2D eigenvalue weighted by atomic mass is 10.1. The highest BCUT2D eigenvalue weighted by atomic mass is 32.1. The van der Waals surface area contributed by atoms with Gasteiger partial charge in [0.1, 0.15) is 5.75 Å². The number of phenols is 1. The topological polar surface area (TPSA) is 106 Å². The molecule has 0 saturated heterocycles. The number of aromatic nitrogens is 3. The van der Waals surface area contributed by atoms with Crippen LogP contribution in [0.2, 0.25) is 0 Å². The lowest BCUT2D eigenvalue weighted by Gasteiger charge is -2.04. The highest BCUT2D eigenvalue weighted by Gasteiger charge is 2.09. The summed E-state index contributed by atoms with van der Waals surface area (Å²) >= 11 is 4.87. The third-order valence-corrected chi connectivity index (χ3v) is 2.27. The fourth-order valence-corrected chi connectivity index (χ4v) is 1.38. The number of H-pyrrole nitrogens is 1. The first-order chi connectivity index (χ1) is 7.09. The van der Waals surface area contributed by atoms with Crippen LogP contribution in [-0.4, -0.2) is 20.0 Å². The van der Waals surface area contributed by atoms with Crippen LogP contribution in [0, 0.1) is 4.77 Å². The van der Waals surface area contributed by atoms with Gasteiger partial charge in [0.25, 0.3) is 0 Å². The smallest absolute Gasteiger partial charge is 0.214 e. The van der Waals surface area contributed by atoms with E-state index in [0.717, 1.165) is 0 Å². The first kappa shape index (κ1) is 9.53. The van der Waals surface area contributed by atoms with Crippen LogP contribution in [-0.2, 0) is 0 Å². The highest BCUT2D eigenvalue weighted by molar-refractivity contribution is 7.71. The lowest BCUT2D eigenvalue weighted by Crippen LogP contribution is -2.10. The first-order valence-electron chi connectivity index (χ1n) is 4.11. The van der Waals surface area contributed by atoms with E-state index in [1.54, 1.807) is 6.07 Å². The SMILES string of the molecule is Nc1cc(O)ccc1-c1n[nH]c(=S)n1N. The molecule has 0 aliphatic rings.